The Kier molecular flexibility index (Phi) is 5.46. The van der Waals surface area contributed by atoms with Gasteiger partial charge in [0.15, 0.2) is 5.43 Å². The summed E-state index contributed by atoms with van der Waals surface area (Å²) in [5, 5.41) is 48.7. The van der Waals surface area contributed by atoms with Gasteiger partial charge in [-0.2, -0.15) is 0 Å². The lowest BCUT2D eigenvalue weighted by Gasteiger charge is -2.39. The summed E-state index contributed by atoms with van der Waals surface area (Å²) in [6.07, 6.45) is -5.75. The lowest BCUT2D eigenvalue weighted by atomic mass is 9.99. The number of benzene rings is 2. The molecule has 158 valence electrons. The molecular formula is C21H20O9. The van der Waals surface area contributed by atoms with E-state index in [9.17, 15) is 30.3 Å². The van der Waals surface area contributed by atoms with Crippen molar-refractivity contribution in [3.63, 3.8) is 0 Å². The van der Waals surface area contributed by atoms with Crippen LogP contribution < -0.4 is 10.2 Å². The Balaban J connectivity index is 1.62. The zero-order chi connectivity index (χ0) is 21.4. The van der Waals surface area contributed by atoms with Gasteiger partial charge in [0.1, 0.15) is 47.8 Å². The molecule has 0 saturated carbocycles. The smallest absolute Gasteiger partial charge is 0.229 e. The van der Waals surface area contributed by atoms with E-state index in [1.54, 1.807) is 12.1 Å². The molecule has 1 aliphatic heterocycles. The minimum Gasteiger partial charge on any atom is -0.508 e. The van der Waals surface area contributed by atoms with Gasteiger partial charge in [-0.3, -0.25) is 4.79 Å². The van der Waals surface area contributed by atoms with E-state index in [-0.39, 0.29) is 22.5 Å². The van der Waals surface area contributed by atoms with E-state index >= 15 is 0 Å². The van der Waals surface area contributed by atoms with E-state index in [4.69, 9.17) is 13.9 Å². The average Bonchev–Trinajstić information content (AvgIpc) is 2.75. The molecule has 0 unspecified atom stereocenters. The van der Waals surface area contributed by atoms with E-state index in [0.717, 1.165) is 0 Å². The maximum Gasteiger partial charge on any atom is 0.229 e. The lowest BCUT2D eigenvalue weighted by Crippen LogP contribution is -2.60. The standard InChI is InChI=1S/C21H20O9/c22-8-16-18(25)19(26)20(27)21(30-16)29-12-5-6-13-15(7-12)28-9-14(17(13)24)10-1-3-11(23)4-2-10/h1-7,9,16,18-23,25-27H,8H2/t16-,18+,19+,20-,21-/m1/s1. The topological polar surface area (TPSA) is 150 Å². The summed E-state index contributed by atoms with van der Waals surface area (Å²) in [6.45, 7) is -0.572. The van der Waals surface area contributed by atoms with Gasteiger partial charge < -0.3 is 39.4 Å². The highest BCUT2D eigenvalue weighted by Crippen LogP contribution is 2.27. The second kappa shape index (κ2) is 8.05. The second-order valence-electron chi connectivity index (χ2n) is 7.00. The van der Waals surface area contributed by atoms with Gasteiger partial charge in [0.25, 0.3) is 0 Å². The van der Waals surface area contributed by atoms with Gasteiger partial charge in [-0.1, -0.05) is 12.1 Å². The Labute approximate surface area is 170 Å². The first-order chi connectivity index (χ1) is 14.4. The molecule has 9 heteroatoms. The largest absolute Gasteiger partial charge is 0.508 e. The fraction of sp³-hybridized carbons (Fsp3) is 0.286. The van der Waals surface area contributed by atoms with Crippen LogP contribution in [0.1, 0.15) is 0 Å². The van der Waals surface area contributed by atoms with Gasteiger partial charge in [0, 0.05) is 6.07 Å². The van der Waals surface area contributed by atoms with Crippen LogP contribution in [-0.2, 0) is 4.74 Å². The van der Waals surface area contributed by atoms with Gasteiger partial charge in [-0.05, 0) is 29.8 Å². The molecule has 0 aliphatic carbocycles. The molecule has 30 heavy (non-hydrogen) atoms. The van der Waals surface area contributed by atoms with Crippen molar-refractivity contribution < 1.29 is 39.4 Å². The van der Waals surface area contributed by atoms with Crippen molar-refractivity contribution in [1.29, 1.82) is 0 Å². The van der Waals surface area contributed by atoms with E-state index in [0.29, 0.717) is 16.5 Å². The Morgan fingerprint density at radius 1 is 0.967 bits per heavy atom. The van der Waals surface area contributed by atoms with Crippen LogP contribution in [0.3, 0.4) is 0 Å². The van der Waals surface area contributed by atoms with Crippen molar-refractivity contribution >= 4 is 11.0 Å². The third kappa shape index (κ3) is 3.64. The first-order valence-corrected chi connectivity index (χ1v) is 9.21. The highest BCUT2D eigenvalue weighted by atomic mass is 16.7. The molecular weight excluding hydrogens is 396 g/mol. The average molecular weight is 416 g/mol. The van der Waals surface area contributed by atoms with E-state index < -0.39 is 37.3 Å². The molecule has 2 aromatic carbocycles. The maximum absolute atomic E-state index is 12.8. The summed E-state index contributed by atoms with van der Waals surface area (Å²) in [5.41, 5.74) is 0.862. The number of ether oxygens (including phenoxy) is 2. The minimum absolute atomic E-state index is 0.0823. The summed E-state index contributed by atoms with van der Waals surface area (Å²) < 4.78 is 16.4. The van der Waals surface area contributed by atoms with Crippen LogP contribution in [0.25, 0.3) is 22.1 Å². The van der Waals surface area contributed by atoms with E-state index in [1.807, 2.05) is 0 Å². The van der Waals surface area contributed by atoms with Crippen LogP contribution in [0, 0.1) is 0 Å². The van der Waals surface area contributed by atoms with Gasteiger partial charge in [0.05, 0.1) is 17.6 Å². The van der Waals surface area contributed by atoms with Crippen LogP contribution in [0.4, 0.5) is 0 Å². The third-order valence-corrected chi connectivity index (χ3v) is 5.03. The molecule has 3 aromatic rings. The number of fused-ring (bicyclic) bond motifs is 1. The first-order valence-electron chi connectivity index (χ1n) is 9.21. The predicted molar refractivity (Wildman–Crippen MR) is 104 cm³/mol. The highest BCUT2D eigenvalue weighted by Gasteiger charge is 2.44. The molecule has 5 N–H and O–H groups in total. The van der Waals surface area contributed by atoms with Gasteiger partial charge >= 0.3 is 0 Å². The summed E-state index contributed by atoms with van der Waals surface area (Å²) in [5.74, 6) is 0.270. The molecule has 1 saturated heterocycles. The molecule has 0 spiro atoms. The van der Waals surface area contributed by atoms with E-state index in [2.05, 4.69) is 0 Å². The van der Waals surface area contributed by atoms with Crippen LogP contribution in [-0.4, -0.2) is 62.8 Å². The summed E-state index contributed by atoms with van der Waals surface area (Å²) in [4.78, 5) is 12.8. The molecule has 5 atom stereocenters. The summed E-state index contributed by atoms with van der Waals surface area (Å²) >= 11 is 0. The van der Waals surface area contributed by atoms with Crippen LogP contribution in [0.5, 0.6) is 11.5 Å². The predicted octanol–water partition coefficient (Wildman–Crippen LogP) is 0.344. The van der Waals surface area contributed by atoms with E-state index in [1.165, 1.54) is 36.6 Å². The van der Waals surface area contributed by atoms with Gasteiger partial charge in [0.2, 0.25) is 6.29 Å². The number of aromatic hydroxyl groups is 1. The lowest BCUT2D eigenvalue weighted by molar-refractivity contribution is -0.277. The molecule has 0 bridgehead atoms. The normalized spacial score (nSPS) is 26.6. The summed E-state index contributed by atoms with van der Waals surface area (Å²) in [7, 11) is 0. The fourth-order valence-corrected chi connectivity index (χ4v) is 3.32. The van der Waals surface area contributed by atoms with Crippen molar-refractivity contribution in [2.24, 2.45) is 0 Å². The molecule has 4 rings (SSSR count). The fourth-order valence-electron chi connectivity index (χ4n) is 3.32. The number of phenolic OH excluding ortho intramolecular Hbond substituents is 1. The SMILES string of the molecule is O=c1c(-c2ccc(O)cc2)coc2cc(O[C@@H]3O[C@H](CO)[C@H](O)[C@H](O)[C@H]3O)ccc12. The number of aliphatic hydroxyl groups is 4. The molecule has 1 aromatic heterocycles. The molecule has 2 heterocycles. The monoisotopic (exact) mass is 416 g/mol. The molecule has 0 amide bonds. The molecule has 0 radical (unpaired) electrons. The van der Waals surface area contributed by atoms with Gasteiger partial charge in [-0.25, -0.2) is 0 Å². The van der Waals surface area contributed by atoms with Crippen LogP contribution in [0.15, 0.2) is 57.9 Å². The first kappa shape index (κ1) is 20.3. The number of rotatable bonds is 4. The third-order valence-electron chi connectivity index (χ3n) is 5.03. The Morgan fingerprint density at radius 2 is 1.70 bits per heavy atom. The molecule has 1 aliphatic rings. The van der Waals surface area contributed by atoms with Crippen LogP contribution in [0.2, 0.25) is 0 Å². The van der Waals surface area contributed by atoms with Gasteiger partial charge in [-0.15, -0.1) is 0 Å². The Hall–Kier alpha value is -2.95. The minimum atomic E-state index is -1.56. The Bertz CT molecular complexity index is 1090. The molecule has 9 nitrogen and oxygen atoms in total. The maximum atomic E-state index is 12.8. The number of hydrogen-bond donors (Lipinski definition) is 5. The highest BCUT2D eigenvalue weighted by molar-refractivity contribution is 5.82. The Morgan fingerprint density at radius 3 is 2.40 bits per heavy atom. The second-order valence-corrected chi connectivity index (χ2v) is 7.00. The summed E-state index contributed by atoms with van der Waals surface area (Å²) in [6, 6.07) is 10.5. The van der Waals surface area contributed by atoms with Crippen LogP contribution >= 0.6 is 0 Å². The molecule has 1 fully saturated rings. The number of phenols is 1. The number of aliphatic hydroxyl groups excluding tert-OH is 4. The quantitative estimate of drug-likeness (QED) is 0.406. The number of hydrogen-bond acceptors (Lipinski definition) is 9. The zero-order valence-electron chi connectivity index (χ0n) is 15.6. The zero-order valence-corrected chi connectivity index (χ0v) is 15.6. The van der Waals surface area contributed by atoms with Crippen molar-refractivity contribution in [1.82, 2.24) is 0 Å². The van der Waals surface area contributed by atoms with Crippen molar-refractivity contribution in [2.45, 2.75) is 30.7 Å². The van der Waals surface area contributed by atoms with Crippen molar-refractivity contribution in [2.75, 3.05) is 6.61 Å². The van der Waals surface area contributed by atoms with Crippen molar-refractivity contribution in [3.05, 3.63) is 59.0 Å². The van der Waals surface area contributed by atoms with Crippen molar-refractivity contribution in [3.8, 4) is 22.6 Å².